The maximum absolute atomic E-state index is 6.22. The van der Waals surface area contributed by atoms with E-state index in [-0.39, 0.29) is 0 Å². The lowest BCUT2D eigenvalue weighted by molar-refractivity contribution is 0.668. The van der Waals surface area contributed by atoms with Gasteiger partial charge < -0.3 is 28.4 Å². The molecule has 0 N–H and O–H groups in total. The van der Waals surface area contributed by atoms with Gasteiger partial charge in [-0.3, -0.25) is 0 Å². The molecule has 0 aliphatic rings. The summed E-state index contributed by atoms with van der Waals surface area (Å²) in [6, 6.07) is 169. The first-order valence-corrected chi connectivity index (χ1v) is 52.0. The van der Waals surface area contributed by atoms with Gasteiger partial charge in [0.1, 0.15) is 22.3 Å². The number of hydrogen-bond acceptors (Lipinski definition) is 12. The van der Waals surface area contributed by atoms with Gasteiger partial charge in [0.15, 0.2) is 0 Å². The van der Waals surface area contributed by atoms with Crippen molar-refractivity contribution < 1.29 is 8.83 Å². The van der Waals surface area contributed by atoms with Gasteiger partial charge in [-0.05, 0) is 262 Å². The summed E-state index contributed by atoms with van der Waals surface area (Å²) in [5.74, 6) is 0. The minimum Gasteiger partial charge on any atom is -0.456 e. The van der Waals surface area contributed by atoms with Crippen molar-refractivity contribution in [1.29, 1.82) is 0 Å². The SMILES string of the molecule is c1ccc(-c2ccc(N(c3ccc4c(c3)sc3ccc5c(ccc6sc7cc(N(c8ccc(-c9ccccc9)cc8)c8ccc9sc%10ccccc%10c9c8)ccc7c65)c34)c3ccc4sc5ccccc5c4c3)cc2)cc1.c1ccc(N(c2ccc3c(c2)sc2ccc4c(ccc5sc6cc(N(c7ccccc7)c7ccc8oc9ccccc9c8c7)ccc6c54)c23)c2ccc3oc4ccccc4c3c2)cc1. The quantitative estimate of drug-likeness (QED) is 0.108. The highest BCUT2D eigenvalue weighted by Gasteiger charge is 2.27. The van der Waals surface area contributed by atoms with Gasteiger partial charge in [-0.1, -0.05) is 243 Å². The maximum Gasteiger partial charge on any atom is 0.135 e. The molecular formula is C128H76N4O2S6. The molecule has 0 spiro atoms. The summed E-state index contributed by atoms with van der Waals surface area (Å²) >= 11 is 11.2. The summed E-state index contributed by atoms with van der Waals surface area (Å²) < 4.78 is 27.9. The fraction of sp³-hybridized carbons (Fsp3) is 0. The second-order valence-corrected chi connectivity index (χ2v) is 42.5. The number of furan rings is 2. The molecule has 0 saturated heterocycles. The molecule has 12 heteroatoms. The average molecular weight is 1890 g/mol. The Morgan fingerprint density at radius 2 is 0.343 bits per heavy atom. The van der Waals surface area contributed by atoms with Gasteiger partial charge in [0.05, 0.1) is 0 Å². The zero-order valence-corrected chi connectivity index (χ0v) is 79.8. The topological polar surface area (TPSA) is 39.2 Å². The van der Waals surface area contributed by atoms with Crippen LogP contribution in [0, 0.1) is 0 Å². The Morgan fingerprint density at radius 3 is 0.686 bits per heavy atom. The van der Waals surface area contributed by atoms with Crippen molar-refractivity contribution in [2.24, 2.45) is 0 Å². The molecule has 22 aromatic carbocycles. The molecule has 0 radical (unpaired) electrons. The van der Waals surface area contributed by atoms with Crippen LogP contribution in [-0.2, 0) is 0 Å². The number of thiophene rings is 6. The molecule has 0 aliphatic heterocycles. The first kappa shape index (κ1) is 80.7. The Labute approximate surface area is 827 Å². The van der Waals surface area contributed by atoms with E-state index in [4.69, 9.17) is 8.83 Å². The van der Waals surface area contributed by atoms with Gasteiger partial charge >= 0.3 is 0 Å². The summed E-state index contributed by atoms with van der Waals surface area (Å²) in [6.07, 6.45) is 0. The summed E-state index contributed by atoms with van der Waals surface area (Å²) in [7, 11) is 0. The lowest BCUT2D eigenvalue weighted by Crippen LogP contribution is -2.09. The van der Waals surface area contributed by atoms with Crippen LogP contribution in [0.3, 0.4) is 0 Å². The van der Waals surface area contributed by atoms with Gasteiger partial charge in [0.25, 0.3) is 0 Å². The van der Waals surface area contributed by atoms with Gasteiger partial charge in [-0.2, -0.15) is 0 Å². The van der Waals surface area contributed by atoms with Crippen LogP contribution < -0.4 is 19.6 Å². The molecule has 0 saturated carbocycles. The summed E-state index contributed by atoms with van der Waals surface area (Å²) in [4.78, 5) is 9.58. The largest absolute Gasteiger partial charge is 0.456 e. The minimum atomic E-state index is 0.893. The third kappa shape index (κ3) is 13.3. The van der Waals surface area contributed by atoms with E-state index in [9.17, 15) is 0 Å². The second kappa shape index (κ2) is 32.6. The van der Waals surface area contributed by atoms with Crippen molar-refractivity contribution in [2.45, 2.75) is 0 Å². The zero-order valence-electron chi connectivity index (χ0n) is 74.9. The fourth-order valence-electron chi connectivity index (χ4n) is 21.6. The first-order chi connectivity index (χ1) is 69.3. The third-order valence-corrected chi connectivity index (χ3v) is 34.8. The number of fused-ring (bicyclic) bond motifs is 30. The normalized spacial score (nSPS) is 12.0. The predicted molar refractivity (Wildman–Crippen MR) is 609 cm³/mol. The molecule has 0 amide bonds. The Kier molecular flexibility index (Phi) is 18.8. The Hall–Kier alpha value is -16.5. The Morgan fingerprint density at radius 1 is 0.121 bits per heavy atom. The molecule has 8 aromatic heterocycles. The van der Waals surface area contributed by atoms with Crippen LogP contribution >= 0.6 is 68.0 Å². The number of benzene rings is 22. The number of anilines is 12. The second-order valence-electron chi connectivity index (χ2n) is 36.0. The van der Waals surface area contributed by atoms with Gasteiger partial charge in [0, 0.05) is 211 Å². The van der Waals surface area contributed by atoms with Gasteiger partial charge in [0.2, 0.25) is 0 Å². The van der Waals surface area contributed by atoms with Crippen LogP contribution in [0.1, 0.15) is 0 Å². The molecule has 0 atom stereocenters. The van der Waals surface area contributed by atoms with E-state index in [2.05, 4.69) is 456 Å². The van der Waals surface area contributed by atoms with Gasteiger partial charge in [-0.25, -0.2) is 0 Å². The highest BCUT2D eigenvalue weighted by Crippen LogP contribution is 2.54. The lowest BCUT2D eigenvalue weighted by Gasteiger charge is -2.26. The third-order valence-electron chi connectivity index (χ3n) is 28.1. The van der Waals surface area contributed by atoms with Crippen LogP contribution in [0.25, 0.3) is 209 Å². The van der Waals surface area contributed by atoms with Crippen LogP contribution in [0.2, 0.25) is 0 Å². The molecule has 0 bridgehead atoms. The minimum absolute atomic E-state index is 0.893. The highest BCUT2D eigenvalue weighted by atomic mass is 32.1. The number of hydrogen-bond donors (Lipinski definition) is 0. The van der Waals surface area contributed by atoms with E-state index in [1.165, 1.54) is 165 Å². The Bertz CT molecular complexity index is 9680. The molecule has 140 heavy (non-hydrogen) atoms. The van der Waals surface area contributed by atoms with Crippen molar-refractivity contribution in [3.05, 3.63) is 461 Å². The summed E-state index contributed by atoms with van der Waals surface area (Å²) in [5, 5.41) is 25.3. The Balaban J connectivity index is 0.000000136. The van der Waals surface area contributed by atoms with Crippen LogP contribution in [0.5, 0.6) is 0 Å². The van der Waals surface area contributed by atoms with Crippen molar-refractivity contribution >= 4 is 323 Å². The van der Waals surface area contributed by atoms with E-state index >= 15 is 0 Å². The predicted octanol–water partition coefficient (Wildman–Crippen LogP) is 40.9. The maximum atomic E-state index is 6.22. The summed E-state index contributed by atoms with van der Waals surface area (Å²) in [6.45, 7) is 0. The van der Waals surface area contributed by atoms with Crippen LogP contribution in [0.15, 0.2) is 470 Å². The standard InChI is InChI=1S/C70H42N2S4.C58H34N2O2S2/c1-3-11-43(12-4-1)45-19-23-47(24-20-45)71(49-29-35-63-59(39-49)53-15-7-9-17-61(53)73-63)51-27-31-57-67(41-51)75-65-37-33-56-55(69(57)65)34-38-66-70(56)58-32-28-52(42-68(58)76-66)72(48-25-21-46(22-26-48)44-13-5-2-6-14-44)50-30-36-64-60(40-50)54-16-8-10-18-62(54)74-64;1-3-11-35(12-4-1)59(37-21-27-51-47(31-37)41-15-7-9-17-49(41)61-51)39-19-23-45-55(33-39)63-53-29-25-44-43(57(45)53)26-30-54-58(44)46-24-20-40(34-56(46)64-54)60(36-13-5-2-6-14-36)38-22-28-52-48(32-38)42-16-8-10-18-50(42)62-52/h1-42H;1-34H. The van der Waals surface area contributed by atoms with Crippen molar-refractivity contribution in [1.82, 2.24) is 0 Å². The molecule has 6 nitrogen and oxygen atoms in total. The molecule has 0 fully saturated rings. The number of nitrogens with zero attached hydrogens (tertiary/aromatic N) is 4. The molecule has 30 aromatic rings. The van der Waals surface area contributed by atoms with E-state index < -0.39 is 0 Å². The monoisotopic (exact) mass is 1890 g/mol. The number of rotatable bonds is 14. The first-order valence-electron chi connectivity index (χ1n) is 47.1. The summed E-state index contributed by atoms with van der Waals surface area (Å²) in [5.41, 5.74) is 21.9. The molecule has 8 heterocycles. The molecule has 0 unspecified atom stereocenters. The van der Waals surface area contributed by atoms with E-state index in [1.54, 1.807) is 0 Å². The van der Waals surface area contributed by atoms with Gasteiger partial charge in [-0.15, -0.1) is 68.0 Å². The van der Waals surface area contributed by atoms with Crippen molar-refractivity contribution in [2.75, 3.05) is 19.6 Å². The fourth-order valence-corrected chi connectivity index (χ4v) is 28.4. The number of para-hydroxylation sites is 4. The highest BCUT2D eigenvalue weighted by molar-refractivity contribution is 7.28. The van der Waals surface area contributed by atoms with E-state index in [1.807, 2.05) is 92.3 Å². The van der Waals surface area contributed by atoms with Crippen molar-refractivity contribution in [3.63, 3.8) is 0 Å². The smallest absolute Gasteiger partial charge is 0.135 e. The average Bonchev–Trinajstić information content (AvgIpc) is 1.56. The molecule has 0 aliphatic carbocycles. The van der Waals surface area contributed by atoms with Crippen LogP contribution in [-0.4, -0.2) is 0 Å². The molecular weight excluding hydrogens is 1820 g/mol. The van der Waals surface area contributed by atoms with Crippen LogP contribution in [0.4, 0.5) is 68.2 Å². The molecule has 656 valence electrons. The zero-order chi connectivity index (χ0) is 91.7. The lowest BCUT2D eigenvalue weighted by atomic mass is 9.99. The molecule has 30 rings (SSSR count). The van der Waals surface area contributed by atoms with Crippen molar-refractivity contribution in [3.8, 4) is 22.3 Å². The van der Waals surface area contributed by atoms with E-state index in [0.717, 1.165) is 112 Å². The van der Waals surface area contributed by atoms with E-state index in [0.29, 0.717) is 0 Å².